The molecule has 7 heteroatoms. The van der Waals surface area contributed by atoms with E-state index in [1.54, 1.807) is 11.9 Å². The highest BCUT2D eigenvalue weighted by Gasteiger charge is 2.46. The Labute approximate surface area is 164 Å². The molecule has 4 rings (SSSR count). The number of aromatic nitrogens is 1. The topological polar surface area (TPSA) is 94.4 Å². The molecule has 0 saturated carbocycles. The summed E-state index contributed by atoms with van der Waals surface area (Å²) < 4.78 is 4.38. The van der Waals surface area contributed by atoms with E-state index in [0.717, 1.165) is 39.7 Å². The van der Waals surface area contributed by atoms with Gasteiger partial charge in [0, 0.05) is 40.7 Å². The maximum Gasteiger partial charge on any atom is 0.362 e. The number of ether oxygens (including phenoxy) is 1. The SMILES string of the molecule is C=C1Cc2c([nH]c3cc4c(cc23)[N+]([O-])(CC(=O)OCC)CC4(C)C)C1N(C)N. The van der Waals surface area contributed by atoms with E-state index < -0.39 is 10.6 Å². The van der Waals surface area contributed by atoms with Gasteiger partial charge in [0.25, 0.3) is 0 Å². The van der Waals surface area contributed by atoms with Crippen molar-refractivity contribution < 1.29 is 9.53 Å². The highest BCUT2D eigenvalue weighted by Crippen LogP contribution is 2.49. The van der Waals surface area contributed by atoms with Crippen molar-refractivity contribution in [2.75, 3.05) is 26.7 Å². The minimum atomic E-state index is -0.682. The van der Waals surface area contributed by atoms with Crippen LogP contribution in [-0.2, 0) is 21.4 Å². The summed E-state index contributed by atoms with van der Waals surface area (Å²) in [5.74, 6) is 5.58. The summed E-state index contributed by atoms with van der Waals surface area (Å²) in [6.45, 7) is 10.4. The number of hydrazine groups is 1. The fraction of sp³-hybridized carbons (Fsp3) is 0.476. The third-order valence-corrected chi connectivity index (χ3v) is 6.04. The summed E-state index contributed by atoms with van der Waals surface area (Å²) in [6.07, 6.45) is 0.723. The van der Waals surface area contributed by atoms with Gasteiger partial charge in [0.1, 0.15) is 5.69 Å². The summed E-state index contributed by atoms with van der Waals surface area (Å²) in [4.78, 5) is 15.6. The Balaban J connectivity index is 1.86. The van der Waals surface area contributed by atoms with Crippen LogP contribution in [-0.4, -0.2) is 42.7 Å². The molecule has 1 aliphatic carbocycles. The molecule has 2 aliphatic rings. The van der Waals surface area contributed by atoms with Gasteiger partial charge in [0.2, 0.25) is 0 Å². The van der Waals surface area contributed by atoms with E-state index in [0.29, 0.717) is 12.2 Å². The number of rotatable bonds is 4. The summed E-state index contributed by atoms with van der Waals surface area (Å²) >= 11 is 0. The molecule has 3 N–H and O–H groups in total. The average Bonchev–Trinajstić information content (AvgIpc) is 3.12. The Morgan fingerprint density at radius 3 is 2.86 bits per heavy atom. The van der Waals surface area contributed by atoms with E-state index >= 15 is 0 Å². The number of benzene rings is 1. The molecule has 1 aromatic heterocycles. The van der Waals surface area contributed by atoms with Gasteiger partial charge < -0.3 is 19.6 Å². The number of carbonyl (C=O) groups is 1. The number of fused-ring (bicyclic) bond motifs is 4. The van der Waals surface area contributed by atoms with Gasteiger partial charge in [-0.15, -0.1) is 0 Å². The number of hydrogen-bond donors (Lipinski definition) is 2. The average molecular weight is 384 g/mol. The molecule has 2 atom stereocenters. The number of likely N-dealkylation sites (N-methyl/N-ethyl adjacent to an activating group) is 1. The zero-order valence-corrected chi connectivity index (χ0v) is 17.0. The predicted octanol–water partition coefficient (Wildman–Crippen LogP) is 2.79. The Morgan fingerprint density at radius 2 is 2.21 bits per heavy atom. The van der Waals surface area contributed by atoms with Crippen molar-refractivity contribution in [1.82, 2.24) is 14.6 Å². The predicted molar refractivity (Wildman–Crippen MR) is 110 cm³/mol. The third kappa shape index (κ3) is 2.69. The normalized spacial score (nSPS) is 25.4. The summed E-state index contributed by atoms with van der Waals surface area (Å²) in [6, 6.07) is 3.98. The number of nitrogens with zero attached hydrogens (tertiary/aromatic N) is 2. The van der Waals surface area contributed by atoms with Crippen molar-refractivity contribution in [1.29, 1.82) is 0 Å². The Bertz CT molecular complexity index is 991. The summed E-state index contributed by atoms with van der Waals surface area (Å²) in [5, 5.41) is 16.4. The highest BCUT2D eigenvalue weighted by molar-refractivity contribution is 5.92. The van der Waals surface area contributed by atoms with Crippen LogP contribution in [0.3, 0.4) is 0 Å². The molecule has 0 bridgehead atoms. The number of H-pyrrole nitrogens is 1. The fourth-order valence-corrected chi connectivity index (χ4v) is 4.99. The van der Waals surface area contributed by atoms with E-state index in [2.05, 4.69) is 31.5 Å². The van der Waals surface area contributed by atoms with Crippen molar-refractivity contribution in [3.05, 3.63) is 46.3 Å². The summed E-state index contributed by atoms with van der Waals surface area (Å²) in [7, 11) is 1.83. The first-order valence-corrected chi connectivity index (χ1v) is 9.66. The second kappa shape index (κ2) is 6.15. The first kappa shape index (κ1) is 19.1. The lowest BCUT2D eigenvalue weighted by Crippen LogP contribution is -2.48. The van der Waals surface area contributed by atoms with Crippen LogP contribution in [0.2, 0.25) is 0 Å². The number of nitrogens with one attached hydrogen (secondary N) is 1. The molecule has 28 heavy (non-hydrogen) atoms. The molecule has 150 valence electrons. The van der Waals surface area contributed by atoms with Gasteiger partial charge >= 0.3 is 5.97 Å². The van der Waals surface area contributed by atoms with Crippen molar-refractivity contribution in [2.24, 2.45) is 5.84 Å². The number of aromatic amines is 1. The van der Waals surface area contributed by atoms with Crippen LogP contribution < -0.4 is 10.5 Å². The monoisotopic (exact) mass is 384 g/mol. The molecule has 0 saturated heterocycles. The van der Waals surface area contributed by atoms with Crippen LogP contribution in [0.25, 0.3) is 10.9 Å². The molecular weight excluding hydrogens is 356 g/mol. The van der Waals surface area contributed by atoms with E-state index in [9.17, 15) is 10.0 Å². The lowest BCUT2D eigenvalue weighted by molar-refractivity contribution is -0.143. The zero-order chi connectivity index (χ0) is 20.4. The van der Waals surface area contributed by atoms with Crippen LogP contribution in [0, 0.1) is 5.21 Å². The lowest BCUT2D eigenvalue weighted by atomic mass is 9.86. The highest BCUT2D eigenvalue weighted by atomic mass is 16.6. The number of esters is 1. The Hall–Kier alpha value is -2.19. The molecule has 0 radical (unpaired) electrons. The van der Waals surface area contributed by atoms with Crippen LogP contribution in [0.15, 0.2) is 24.3 Å². The third-order valence-electron chi connectivity index (χ3n) is 6.04. The summed E-state index contributed by atoms with van der Waals surface area (Å²) in [5.41, 5.74) is 5.52. The second-order valence-electron chi connectivity index (χ2n) is 8.73. The van der Waals surface area contributed by atoms with Gasteiger partial charge in [-0.25, -0.2) is 9.80 Å². The minimum Gasteiger partial charge on any atom is -0.627 e. The number of carbonyl (C=O) groups excluding carboxylic acids is 1. The van der Waals surface area contributed by atoms with Crippen LogP contribution >= 0.6 is 0 Å². The number of nitrogens with two attached hydrogens (primary N) is 1. The largest absolute Gasteiger partial charge is 0.627 e. The molecule has 2 aromatic rings. The molecule has 0 spiro atoms. The van der Waals surface area contributed by atoms with Gasteiger partial charge in [0.15, 0.2) is 6.54 Å². The maximum atomic E-state index is 13.7. The van der Waals surface area contributed by atoms with Crippen LogP contribution in [0.4, 0.5) is 5.69 Å². The Morgan fingerprint density at radius 1 is 1.50 bits per heavy atom. The molecule has 0 amide bonds. The zero-order valence-electron chi connectivity index (χ0n) is 17.0. The molecule has 7 nitrogen and oxygen atoms in total. The van der Waals surface area contributed by atoms with Crippen LogP contribution in [0.5, 0.6) is 0 Å². The molecule has 0 fully saturated rings. The van der Waals surface area contributed by atoms with Crippen molar-refractivity contribution in [2.45, 2.75) is 38.6 Å². The molecule has 1 aliphatic heterocycles. The lowest BCUT2D eigenvalue weighted by Gasteiger charge is -2.38. The number of hydroxylamine groups is 2. The quantitative estimate of drug-likeness (QED) is 0.211. The molecule has 2 heterocycles. The molecule has 1 aromatic carbocycles. The first-order valence-electron chi connectivity index (χ1n) is 9.66. The van der Waals surface area contributed by atoms with E-state index in [-0.39, 0.29) is 24.6 Å². The smallest absolute Gasteiger partial charge is 0.362 e. The van der Waals surface area contributed by atoms with Crippen molar-refractivity contribution in [3.63, 3.8) is 0 Å². The van der Waals surface area contributed by atoms with Gasteiger partial charge in [-0.3, -0.25) is 5.84 Å². The van der Waals surface area contributed by atoms with Gasteiger partial charge in [-0.1, -0.05) is 20.4 Å². The van der Waals surface area contributed by atoms with Gasteiger partial charge in [-0.2, -0.15) is 0 Å². The standard InChI is InChI=1S/C21H28N4O3/c1-6-28-18(26)10-25(27)11-21(3,4)15-9-16-13(8-17(15)25)14-7-12(2)20(24(5)22)19(14)23-16/h8-9,20,23H,2,6-7,10-11,22H2,1,3-5H3. The fourth-order valence-electron chi connectivity index (χ4n) is 4.99. The minimum absolute atomic E-state index is 0.0590. The first-order chi connectivity index (χ1) is 13.1. The molecule has 2 unspecified atom stereocenters. The van der Waals surface area contributed by atoms with Gasteiger partial charge in [-0.05, 0) is 30.5 Å². The Kier molecular flexibility index (Phi) is 4.21. The van der Waals surface area contributed by atoms with E-state index in [1.165, 1.54) is 0 Å². The van der Waals surface area contributed by atoms with Crippen LogP contribution in [0.1, 0.15) is 43.6 Å². The van der Waals surface area contributed by atoms with Crippen molar-refractivity contribution in [3.8, 4) is 0 Å². The molecular formula is C21H28N4O3. The van der Waals surface area contributed by atoms with E-state index in [1.807, 2.05) is 13.1 Å². The number of quaternary nitrogens is 1. The van der Waals surface area contributed by atoms with Gasteiger partial charge in [0.05, 0.1) is 19.2 Å². The maximum absolute atomic E-state index is 13.7. The van der Waals surface area contributed by atoms with E-state index in [4.69, 9.17) is 10.6 Å². The number of hydrogen-bond acceptors (Lipinski definition) is 5. The second-order valence-corrected chi connectivity index (χ2v) is 8.73. The van der Waals surface area contributed by atoms with Crippen molar-refractivity contribution >= 4 is 22.6 Å².